The molecule has 1 aromatic heterocycles. The number of nitro benzene ring substituents is 1. The molecular formula is C22H20ClN5O4. The quantitative estimate of drug-likeness (QED) is 0.421. The Labute approximate surface area is 189 Å². The number of ether oxygens (including phenoxy) is 1. The fraction of sp³-hybridized carbons (Fsp3) is 0.227. The summed E-state index contributed by atoms with van der Waals surface area (Å²) in [6.07, 6.45) is 1.42. The smallest absolute Gasteiger partial charge is 0.270 e. The molecule has 0 unspecified atom stereocenters. The lowest BCUT2D eigenvalue weighted by Crippen LogP contribution is -2.54. The van der Waals surface area contributed by atoms with E-state index in [1.807, 2.05) is 24.0 Å². The zero-order valence-corrected chi connectivity index (χ0v) is 18.0. The number of non-ortho nitro benzene ring substituents is 1. The highest BCUT2D eigenvalue weighted by atomic mass is 35.5. The highest BCUT2D eigenvalue weighted by Gasteiger charge is 2.29. The van der Waals surface area contributed by atoms with Crippen molar-refractivity contribution in [2.75, 3.05) is 24.5 Å². The highest BCUT2D eigenvalue weighted by molar-refractivity contribution is 6.32. The summed E-state index contributed by atoms with van der Waals surface area (Å²) in [6.45, 7) is 3.48. The number of piperazine rings is 1. The van der Waals surface area contributed by atoms with Crippen LogP contribution in [0.1, 0.15) is 17.3 Å². The van der Waals surface area contributed by atoms with Gasteiger partial charge in [0.15, 0.2) is 0 Å². The lowest BCUT2D eigenvalue weighted by atomic mass is 10.1. The van der Waals surface area contributed by atoms with Gasteiger partial charge in [-0.05, 0) is 25.1 Å². The number of hydrogen-bond acceptors (Lipinski definition) is 7. The van der Waals surface area contributed by atoms with Crippen molar-refractivity contribution in [3.8, 4) is 11.6 Å². The van der Waals surface area contributed by atoms with Gasteiger partial charge in [-0.1, -0.05) is 29.8 Å². The van der Waals surface area contributed by atoms with Crippen LogP contribution in [0.2, 0.25) is 5.02 Å². The van der Waals surface area contributed by atoms with E-state index in [-0.39, 0.29) is 17.6 Å². The molecule has 4 rings (SSSR count). The molecule has 2 heterocycles. The van der Waals surface area contributed by atoms with Gasteiger partial charge in [-0.2, -0.15) is 0 Å². The van der Waals surface area contributed by atoms with E-state index in [1.54, 1.807) is 29.2 Å². The molecule has 1 amide bonds. The SMILES string of the molecule is C[C@@H]1CN(c2cc(Oc3ccccc3Cl)ncn2)CCN1C(=O)c1cccc([N+](=O)[O-])c1. The second-order valence-corrected chi connectivity index (χ2v) is 7.76. The number of benzene rings is 2. The Bertz CT molecular complexity index is 1160. The maximum absolute atomic E-state index is 12.9. The largest absolute Gasteiger partial charge is 0.437 e. The Kier molecular flexibility index (Phi) is 6.18. The summed E-state index contributed by atoms with van der Waals surface area (Å²) in [7, 11) is 0. The standard InChI is InChI=1S/C22H20ClN5O4/c1-15-13-26(9-10-27(15)22(29)16-5-4-6-17(11-16)28(30)31)20-12-21(25-14-24-20)32-19-8-3-2-7-18(19)23/h2-8,11-12,14-15H,9-10,13H2,1H3/t15-/m1/s1. The lowest BCUT2D eigenvalue weighted by Gasteiger charge is -2.40. The van der Waals surface area contributed by atoms with Crippen LogP contribution in [0, 0.1) is 10.1 Å². The summed E-state index contributed by atoms with van der Waals surface area (Å²) in [6, 6.07) is 14.5. The Morgan fingerprint density at radius 1 is 1.16 bits per heavy atom. The van der Waals surface area contributed by atoms with Crippen molar-refractivity contribution in [3.63, 3.8) is 0 Å². The van der Waals surface area contributed by atoms with Crippen molar-refractivity contribution in [3.05, 3.63) is 81.6 Å². The van der Waals surface area contributed by atoms with Crippen LogP contribution in [0.5, 0.6) is 11.6 Å². The number of carbonyl (C=O) groups excluding carboxylic acids is 1. The third-order valence-corrected chi connectivity index (χ3v) is 5.51. The summed E-state index contributed by atoms with van der Waals surface area (Å²) in [5.74, 6) is 1.31. The van der Waals surface area contributed by atoms with Crippen molar-refractivity contribution >= 4 is 29.0 Å². The number of para-hydroxylation sites is 1. The summed E-state index contributed by atoms with van der Waals surface area (Å²) < 4.78 is 5.79. The first-order chi connectivity index (χ1) is 15.4. The fourth-order valence-electron chi connectivity index (χ4n) is 3.58. The van der Waals surface area contributed by atoms with E-state index >= 15 is 0 Å². The van der Waals surface area contributed by atoms with Crippen LogP contribution in [-0.4, -0.2) is 51.4 Å². The molecule has 32 heavy (non-hydrogen) atoms. The number of nitrogens with zero attached hydrogens (tertiary/aromatic N) is 5. The first kappa shape index (κ1) is 21.5. The van der Waals surface area contributed by atoms with Crippen molar-refractivity contribution < 1.29 is 14.5 Å². The average Bonchev–Trinajstić information content (AvgIpc) is 2.80. The molecule has 1 aliphatic heterocycles. The minimum atomic E-state index is -0.504. The van der Waals surface area contributed by atoms with Gasteiger partial charge in [-0.15, -0.1) is 0 Å². The number of halogens is 1. The molecule has 10 heteroatoms. The Hall–Kier alpha value is -3.72. The normalized spacial score (nSPS) is 16.0. The molecule has 0 N–H and O–H groups in total. The van der Waals surface area contributed by atoms with Crippen LogP contribution in [0.25, 0.3) is 0 Å². The van der Waals surface area contributed by atoms with Crippen LogP contribution in [-0.2, 0) is 0 Å². The number of anilines is 1. The first-order valence-electron chi connectivity index (χ1n) is 9.97. The molecule has 0 saturated carbocycles. The van der Waals surface area contributed by atoms with Crippen LogP contribution in [0.15, 0.2) is 60.9 Å². The van der Waals surface area contributed by atoms with Gasteiger partial charge in [0.25, 0.3) is 11.6 Å². The fourth-order valence-corrected chi connectivity index (χ4v) is 3.76. The molecule has 3 aromatic rings. The molecule has 1 aliphatic rings. The van der Waals surface area contributed by atoms with Gasteiger partial charge < -0.3 is 14.5 Å². The predicted molar refractivity (Wildman–Crippen MR) is 119 cm³/mol. The van der Waals surface area contributed by atoms with Crippen molar-refractivity contribution in [1.82, 2.24) is 14.9 Å². The molecular weight excluding hydrogens is 434 g/mol. The number of aromatic nitrogens is 2. The number of amides is 1. The molecule has 0 bridgehead atoms. The van der Waals surface area contributed by atoms with Crippen molar-refractivity contribution in [2.24, 2.45) is 0 Å². The van der Waals surface area contributed by atoms with Gasteiger partial charge in [0.2, 0.25) is 5.88 Å². The van der Waals surface area contributed by atoms with Crippen LogP contribution in [0.4, 0.5) is 11.5 Å². The molecule has 0 aliphatic carbocycles. The van der Waals surface area contributed by atoms with Crippen LogP contribution in [0.3, 0.4) is 0 Å². The van der Waals surface area contributed by atoms with E-state index in [9.17, 15) is 14.9 Å². The van der Waals surface area contributed by atoms with Gasteiger partial charge in [0.05, 0.1) is 9.95 Å². The Balaban J connectivity index is 1.45. The third-order valence-electron chi connectivity index (χ3n) is 5.20. The van der Waals surface area contributed by atoms with Gasteiger partial charge in [-0.3, -0.25) is 14.9 Å². The van der Waals surface area contributed by atoms with E-state index in [0.717, 1.165) is 0 Å². The first-order valence-corrected chi connectivity index (χ1v) is 10.3. The zero-order valence-electron chi connectivity index (χ0n) is 17.2. The lowest BCUT2D eigenvalue weighted by molar-refractivity contribution is -0.384. The molecule has 164 valence electrons. The molecule has 0 spiro atoms. The minimum Gasteiger partial charge on any atom is -0.437 e. The van der Waals surface area contributed by atoms with E-state index in [2.05, 4.69) is 9.97 Å². The van der Waals surface area contributed by atoms with Crippen molar-refractivity contribution in [2.45, 2.75) is 13.0 Å². The van der Waals surface area contributed by atoms with E-state index in [0.29, 0.717) is 47.7 Å². The maximum atomic E-state index is 12.9. The van der Waals surface area contributed by atoms with E-state index in [4.69, 9.17) is 16.3 Å². The Morgan fingerprint density at radius 3 is 2.72 bits per heavy atom. The second kappa shape index (κ2) is 9.19. The highest BCUT2D eigenvalue weighted by Crippen LogP contribution is 2.29. The molecule has 1 saturated heterocycles. The van der Waals surface area contributed by atoms with Gasteiger partial charge in [-0.25, -0.2) is 9.97 Å². The summed E-state index contributed by atoms with van der Waals surface area (Å²) in [4.78, 5) is 35.7. The minimum absolute atomic E-state index is 0.103. The second-order valence-electron chi connectivity index (χ2n) is 7.35. The molecule has 9 nitrogen and oxygen atoms in total. The van der Waals surface area contributed by atoms with Gasteiger partial charge in [0.1, 0.15) is 17.9 Å². The predicted octanol–water partition coefficient (Wildman–Crippen LogP) is 4.18. The Morgan fingerprint density at radius 2 is 1.97 bits per heavy atom. The van der Waals surface area contributed by atoms with Gasteiger partial charge >= 0.3 is 0 Å². The molecule has 1 atom stereocenters. The third kappa shape index (κ3) is 4.62. The monoisotopic (exact) mass is 453 g/mol. The molecule has 0 radical (unpaired) electrons. The van der Waals surface area contributed by atoms with E-state index in [1.165, 1.54) is 24.5 Å². The summed E-state index contributed by atoms with van der Waals surface area (Å²) in [5.41, 5.74) is 0.200. The number of carbonyl (C=O) groups is 1. The number of rotatable bonds is 5. The van der Waals surface area contributed by atoms with Crippen molar-refractivity contribution in [1.29, 1.82) is 0 Å². The number of hydrogen-bond donors (Lipinski definition) is 0. The maximum Gasteiger partial charge on any atom is 0.270 e. The number of nitro groups is 1. The topological polar surface area (TPSA) is 102 Å². The molecule has 2 aromatic carbocycles. The summed E-state index contributed by atoms with van der Waals surface area (Å²) in [5, 5.41) is 11.5. The van der Waals surface area contributed by atoms with Crippen LogP contribution >= 0.6 is 11.6 Å². The van der Waals surface area contributed by atoms with E-state index < -0.39 is 4.92 Å². The molecule has 1 fully saturated rings. The van der Waals surface area contributed by atoms with Gasteiger partial charge in [0, 0.05) is 49.4 Å². The average molecular weight is 454 g/mol. The van der Waals surface area contributed by atoms with Crippen LogP contribution < -0.4 is 9.64 Å². The summed E-state index contributed by atoms with van der Waals surface area (Å²) >= 11 is 6.15. The zero-order chi connectivity index (χ0) is 22.7.